The molecule has 0 spiro atoms. The normalized spacial score (nSPS) is 29.7. The maximum atomic E-state index is 5.95. The van der Waals surface area contributed by atoms with Gasteiger partial charge in [-0.15, -0.1) is 0 Å². The van der Waals surface area contributed by atoms with Crippen LogP contribution in [0.25, 0.3) is 0 Å². The second kappa shape index (κ2) is 5.08. The first kappa shape index (κ1) is 12.2. The lowest BCUT2D eigenvalue weighted by Gasteiger charge is -2.26. The van der Waals surface area contributed by atoms with Crippen LogP contribution in [0.3, 0.4) is 0 Å². The molecular weight excluding hydrogens is 250 g/mol. The molecule has 0 radical (unpaired) electrons. The third-order valence-corrected chi connectivity index (χ3v) is 4.45. The molecule has 2 aliphatic rings. The summed E-state index contributed by atoms with van der Waals surface area (Å²) in [7, 11) is 0. The number of furan rings is 1. The molecule has 2 saturated heterocycles. The zero-order chi connectivity index (χ0) is 13.4. The topological polar surface area (TPSA) is 34.4 Å². The Bertz CT molecular complexity index is 552. The van der Waals surface area contributed by atoms with Gasteiger partial charge in [0.2, 0.25) is 0 Å². The van der Waals surface area contributed by atoms with Crippen molar-refractivity contribution in [1.29, 1.82) is 0 Å². The molecule has 2 aromatic rings. The lowest BCUT2D eigenvalue weighted by Crippen LogP contribution is -2.40. The highest BCUT2D eigenvalue weighted by atomic mass is 16.5. The molecule has 0 aliphatic carbocycles. The van der Waals surface area contributed by atoms with Crippen molar-refractivity contribution in [3.05, 3.63) is 60.1 Å². The van der Waals surface area contributed by atoms with Crippen LogP contribution in [0.2, 0.25) is 0 Å². The fraction of sp³-hybridized carbons (Fsp3) is 0.412. The number of rotatable bonds is 4. The highest BCUT2D eigenvalue weighted by Crippen LogP contribution is 2.36. The van der Waals surface area contributed by atoms with E-state index in [0.717, 1.165) is 12.2 Å². The number of benzene rings is 1. The Morgan fingerprint density at radius 3 is 2.60 bits per heavy atom. The molecule has 0 saturated carbocycles. The van der Waals surface area contributed by atoms with E-state index in [2.05, 4.69) is 29.6 Å². The molecule has 104 valence electrons. The highest BCUT2D eigenvalue weighted by molar-refractivity contribution is 5.27. The van der Waals surface area contributed by atoms with E-state index >= 15 is 0 Å². The maximum absolute atomic E-state index is 5.95. The van der Waals surface area contributed by atoms with Crippen LogP contribution >= 0.6 is 0 Å². The molecule has 1 N–H and O–H groups in total. The summed E-state index contributed by atoms with van der Waals surface area (Å²) in [5, 5.41) is 3.75. The summed E-state index contributed by atoms with van der Waals surface area (Å²) in [5.41, 5.74) is 1.24. The number of hydrogen-bond acceptors (Lipinski definition) is 3. The lowest BCUT2D eigenvalue weighted by molar-refractivity contribution is 0.0962. The molecule has 1 aromatic carbocycles. The quantitative estimate of drug-likeness (QED) is 0.925. The molecule has 20 heavy (non-hydrogen) atoms. The Morgan fingerprint density at radius 2 is 1.95 bits per heavy atom. The Labute approximate surface area is 118 Å². The summed E-state index contributed by atoms with van der Waals surface area (Å²) < 4.78 is 11.6. The number of fused-ring (bicyclic) bond motifs is 2. The smallest absolute Gasteiger partial charge is 0.125 e. The molecule has 2 fully saturated rings. The van der Waals surface area contributed by atoms with Gasteiger partial charge in [-0.3, -0.25) is 5.32 Å². The van der Waals surface area contributed by atoms with E-state index in [-0.39, 0.29) is 6.04 Å². The fourth-order valence-electron chi connectivity index (χ4n) is 3.47. The molecule has 1 aromatic heterocycles. The van der Waals surface area contributed by atoms with Gasteiger partial charge >= 0.3 is 0 Å². The predicted octanol–water partition coefficient (Wildman–Crippen LogP) is 3.28. The van der Waals surface area contributed by atoms with Crippen LogP contribution in [0.15, 0.2) is 53.1 Å². The highest BCUT2D eigenvalue weighted by Gasteiger charge is 2.41. The molecule has 4 rings (SSSR count). The molecule has 3 heterocycles. The zero-order valence-corrected chi connectivity index (χ0v) is 11.4. The Morgan fingerprint density at radius 1 is 1.05 bits per heavy atom. The third-order valence-electron chi connectivity index (χ3n) is 4.45. The molecule has 4 unspecified atom stereocenters. The minimum atomic E-state index is 0.110. The average molecular weight is 269 g/mol. The van der Waals surface area contributed by atoms with E-state index < -0.39 is 0 Å². The lowest BCUT2D eigenvalue weighted by atomic mass is 9.93. The fourth-order valence-corrected chi connectivity index (χ4v) is 3.47. The van der Waals surface area contributed by atoms with Gasteiger partial charge in [0.15, 0.2) is 0 Å². The Hall–Kier alpha value is -1.58. The van der Waals surface area contributed by atoms with Crippen LogP contribution in [-0.2, 0) is 4.74 Å². The number of nitrogens with one attached hydrogen (secondary N) is 1. The minimum absolute atomic E-state index is 0.110. The van der Waals surface area contributed by atoms with Crippen molar-refractivity contribution >= 4 is 0 Å². The summed E-state index contributed by atoms with van der Waals surface area (Å²) in [5.74, 6) is 0.971. The summed E-state index contributed by atoms with van der Waals surface area (Å²) in [6.45, 7) is 0. The second-order valence-corrected chi connectivity index (χ2v) is 5.74. The minimum Gasteiger partial charge on any atom is -0.467 e. The first-order valence-electron chi connectivity index (χ1n) is 7.40. The standard InChI is InChI=1S/C17H19NO2/c1-2-5-12(6-3-1)17(16-7-4-10-19-16)18-14-11-13-8-9-15(14)20-13/h1-7,10,13-15,17-18H,8-9,11H2. The van der Waals surface area contributed by atoms with Crippen molar-refractivity contribution in [2.45, 2.75) is 43.6 Å². The van der Waals surface area contributed by atoms with Crippen LogP contribution in [0.1, 0.15) is 36.6 Å². The van der Waals surface area contributed by atoms with Crippen molar-refractivity contribution in [2.75, 3.05) is 0 Å². The van der Waals surface area contributed by atoms with E-state index in [1.54, 1.807) is 6.26 Å². The second-order valence-electron chi connectivity index (χ2n) is 5.74. The third kappa shape index (κ3) is 2.17. The van der Waals surface area contributed by atoms with Gasteiger partial charge in [-0.25, -0.2) is 0 Å². The molecule has 2 bridgehead atoms. The van der Waals surface area contributed by atoms with Gasteiger partial charge in [-0.05, 0) is 37.0 Å². The van der Waals surface area contributed by atoms with E-state index in [1.807, 2.05) is 18.2 Å². The van der Waals surface area contributed by atoms with Gasteiger partial charge in [-0.2, -0.15) is 0 Å². The molecule has 3 heteroatoms. The average Bonchev–Trinajstić information content (AvgIpc) is 3.23. The summed E-state index contributed by atoms with van der Waals surface area (Å²) in [6, 6.07) is 15.0. The van der Waals surface area contributed by atoms with Crippen LogP contribution in [0.4, 0.5) is 0 Å². The van der Waals surface area contributed by atoms with E-state index in [4.69, 9.17) is 9.15 Å². The maximum Gasteiger partial charge on any atom is 0.125 e. The summed E-state index contributed by atoms with van der Waals surface area (Å²) in [6.07, 6.45) is 6.10. The van der Waals surface area contributed by atoms with Gasteiger partial charge in [0, 0.05) is 6.04 Å². The summed E-state index contributed by atoms with van der Waals surface area (Å²) >= 11 is 0. The largest absolute Gasteiger partial charge is 0.467 e. The van der Waals surface area contributed by atoms with Gasteiger partial charge in [0.25, 0.3) is 0 Å². The van der Waals surface area contributed by atoms with Gasteiger partial charge in [0.05, 0.1) is 24.5 Å². The summed E-state index contributed by atoms with van der Waals surface area (Å²) in [4.78, 5) is 0. The molecule has 4 atom stereocenters. The van der Waals surface area contributed by atoms with Crippen LogP contribution in [0.5, 0.6) is 0 Å². The van der Waals surface area contributed by atoms with Gasteiger partial charge in [-0.1, -0.05) is 30.3 Å². The van der Waals surface area contributed by atoms with E-state index in [1.165, 1.54) is 18.4 Å². The van der Waals surface area contributed by atoms with Crippen LogP contribution < -0.4 is 5.32 Å². The Balaban J connectivity index is 1.59. The number of ether oxygens (including phenoxy) is 1. The van der Waals surface area contributed by atoms with Crippen LogP contribution in [0, 0.1) is 0 Å². The Kier molecular flexibility index (Phi) is 3.09. The molecule has 3 nitrogen and oxygen atoms in total. The van der Waals surface area contributed by atoms with Gasteiger partial charge in [0.1, 0.15) is 5.76 Å². The molecular formula is C17H19NO2. The van der Waals surface area contributed by atoms with Crippen LogP contribution in [-0.4, -0.2) is 18.2 Å². The van der Waals surface area contributed by atoms with Crippen molar-refractivity contribution in [2.24, 2.45) is 0 Å². The molecule has 0 amide bonds. The number of hydrogen-bond donors (Lipinski definition) is 1. The first-order valence-corrected chi connectivity index (χ1v) is 7.40. The SMILES string of the molecule is c1ccc(C(NC2CC3CCC2O3)c2ccco2)cc1. The van der Waals surface area contributed by atoms with Gasteiger partial charge < -0.3 is 9.15 Å². The van der Waals surface area contributed by atoms with Crippen molar-refractivity contribution in [3.8, 4) is 0 Å². The van der Waals surface area contributed by atoms with E-state index in [0.29, 0.717) is 18.2 Å². The molecule has 2 aliphatic heterocycles. The first-order chi connectivity index (χ1) is 9.90. The van der Waals surface area contributed by atoms with E-state index in [9.17, 15) is 0 Å². The monoisotopic (exact) mass is 269 g/mol. The van der Waals surface area contributed by atoms with Crippen molar-refractivity contribution in [3.63, 3.8) is 0 Å². The predicted molar refractivity (Wildman–Crippen MR) is 76.4 cm³/mol. The zero-order valence-electron chi connectivity index (χ0n) is 11.4. The van der Waals surface area contributed by atoms with Crippen molar-refractivity contribution < 1.29 is 9.15 Å². The van der Waals surface area contributed by atoms with Crippen molar-refractivity contribution in [1.82, 2.24) is 5.32 Å².